The van der Waals surface area contributed by atoms with Crippen LogP contribution in [0.15, 0.2) is 43.1 Å². The molecule has 1 unspecified atom stereocenters. The topological polar surface area (TPSA) is 49.8 Å². The lowest BCUT2D eigenvalue weighted by molar-refractivity contribution is -0.121. The van der Waals surface area contributed by atoms with Crippen molar-refractivity contribution in [2.75, 3.05) is 7.05 Å². The van der Waals surface area contributed by atoms with Crippen LogP contribution in [0.1, 0.15) is 5.56 Å². The van der Waals surface area contributed by atoms with Gasteiger partial charge in [0.05, 0.1) is 5.57 Å². The summed E-state index contributed by atoms with van der Waals surface area (Å²) in [5.41, 5.74) is 1.10. The summed E-state index contributed by atoms with van der Waals surface area (Å²) in [4.78, 5) is 13.4. The number of aliphatic hydroxyl groups is 1. The summed E-state index contributed by atoms with van der Waals surface area (Å²) in [5.74, 6) is 0.276. The van der Waals surface area contributed by atoms with E-state index in [2.05, 4.69) is 6.58 Å². The molecule has 0 fully saturated rings. The first kappa shape index (κ1) is 11.4. The Kier molecular flexibility index (Phi) is 2.97. The van der Waals surface area contributed by atoms with E-state index in [1.807, 2.05) is 6.07 Å². The van der Waals surface area contributed by atoms with Crippen molar-refractivity contribution < 1.29 is 14.6 Å². The molecule has 17 heavy (non-hydrogen) atoms. The third-order valence-corrected chi connectivity index (χ3v) is 2.56. The molecule has 0 aromatic heterocycles. The smallest absolute Gasteiger partial charge is 0.258 e. The lowest BCUT2D eigenvalue weighted by Gasteiger charge is -2.23. The number of aliphatic hydroxyl groups excluding tert-OH is 1. The second kappa shape index (κ2) is 4.43. The highest BCUT2D eigenvalue weighted by atomic mass is 16.6. The summed E-state index contributed by atoms with van der Waals surface area (Å²) < 4.78 is 5.21. The third-order valence-electron chi connectivity index (χ3n) is 2.56. The number of fused-ring (bicyclic) bond motifs is 1. The predicted octanol–water partition coefficient (Wildman–Crippen LogP) is 1.38. The van der Waals surface area contributed by atoms with E-state index in [1.165, 1.54) is 17.2 Å². The minimum atomic E-state index is -1.10. The van der Waals surface area contributed by atoms with Crippen molar-refractivity contribution in [2.24, 2.45) is 0 Å². The molecule has 0 bridgehead atoms. The Balaban J connectivity index is 2.45. The lowest BCUT2D eigenvalue weighted by Crippen LogP contribution is -2.26. The second-order valence-corrected chi connectivity index (χ2v) is 3.68. The molecule has 0 radical (unpaired) electrons. The first-order valence-electron chi connectivity index (χ1n) is 5.19. The summed E-state index contributed by atoms with van der Waals surface area (Å²) in [7, 11) is 1.61. The van der Waals surface area contributed by atoms with Crippen LogP contribution < -0.4 is 4.74 Å². The van der Waals surface area contributed by atoms with Gasteiger partial charge in [-0.15, -0.1) is 0 Å². The fraction of sp³-hybridized carbons (Fsp3) is 0.154. The van der Waals surface area contributed by atoms with E-state index >= 15 is 0 Å². The van der Waals surface area contributed by atoms with Crippen molar-refractivity contribution in [3.05, 3.63) is 48.7 Å². The number of para-hydroxylation sites is 1. The van der Waals surface area contributed by atoms with Crippen LogP contribution in [0.4, 0.5) is 0 Å². The Morgan fingerprint density at radius 1 is 1.53 bits per heavy atom. The van der Waals surface area contributed by atoms with E-state index in [1.54, 1.807) is 25.2 Å². The maximum Gasteiger partial charge on any atom is 0.258 e. The van der Waals surface area contributed by atoms with Crippen LogP contribution in [-0.2, 0) is 4.79 Å². The van der Waals surface area contributed by atoms with Gasteiger partial charge in [0.15, 0.2) is 0 Å². The van der Waals surface area contributed by atoms with Crippen molar-refractivity contribution in [1.82, 2.24) is 4.90 Å². The van der Waals surface area contributed by atoms with E-state index in [0.717, 1.165) is 0 Å². The van der Waals surface area contributed by atoms with Crippen molar-refractivity contribution in [3.8, 4) is 5.75 Å². The summed E-state index contributed by atoms with van der Waals surface area (Å²) in [6, 6.07) is 7.10. The van der Waals surface area contributed by atoms with E-state index in [0.29, 0.717) is 16.9 Å². The second-order valence-electron chi connectivity index (χ2n) is 3.68. The van der Waals surface area contributed by atoms with Crippen molar-refractivity contribution >= 4 is 11.5 Å². The van der Waals surface area contributed by atoms with Crippen LogP contribution in [0.5, 0.6) is 5.75 Å². The van der Waals surface area contributed by atoms with E-state index < -0.39 is 6.29 Å². The quantitative estimate of drug-likeness (QED) is 0.836. The van der Waals surface area contributed by atoms with Gasteiger partial charge in [-0.3, -0.25) is 4.79 Å². The van der Waals surface area contributed by atoms with Gasteiger partial charge in [-0.2, -0.15) is 0 Å². The van der Waals surface area contributed by atoms with Crippen LogP contribution >= 0.6 is 0 Å². The summed E-state index contributed by atoms with van der Waals surface area (Å²) in [6.45, 7) is 3.54. The standard InChI is InChI=1S/C13H13NO3/c1-3-14(2)13(16)10-8-12(15)17-11-7-5-4-6-9(10)11/h3-8,12,15H,1H2,2H3. The van der Waals surface area contributed by atoms with Gasteiger partial charge in [0, 0.05) is 12.6 Å². The number of carbonyl (C=O) groups excluding carboxylic acids is 1. The Hall–Kier alpha value is -2.07. The molecule has 0 spiro atoms. The minimum absolute atomic E-state index is 0.227. The number of carbonyl (C=O) groups is 1. The maximum absolute atomic E-state index is 12.1. The molecule has 0 saturated heterocycles. The molecule has 1 aromatic carbocycles. The fourth-order valence-corrected chi connectivity index (χ4v) is 1.65. The first-order chi connectivity index (χ1) is 8.13. The molecule has 1 aliphatic rings. The maximum atomic E-state index is 12.1. The molecular weight excluding hydrogens is 218 g/mol. The summed E-state index contributed by atoms with van der Waals surface area (Å²) in [5, 5.41) is 9.53. The predicted molar refractivity (Wildman–Crippen MR) is 64.0 cm³/mol. The molecule has 0 aliphatic carbocycles. The van der Waals surface area contributed by atoms with Gasteiger partial charge in [-0.05, 0) is 18.3 Å². The summed E-state index contributed by atoms with van der Waals surface area (Å²) in [6.07, 6.45) is 1.72. The van der Waals surface area contributed by atoms with Gasteiger partial charge >= 0.3 is 0 Å². The van der Waals surface area contributed by atoms with E-state index in [4.69, 9.17) is 4.74 Å². The number of nitrogens with zero attached hydrogens (tertiary/aromatic N) is 1. The van der Waals surface area contributed by atoms with Gasteiger partial charge in [0.25, 0.3) is 5.91 Å². The first-order valence-corrected chi connectivity index (χ1v) is 5.19. The Bertz CT molecular complexity index is 493. The van der Waals surface area contributed by atoms with Crippen LogP contribution in [0, 0.1) is 0 Å². The number of hydrogen-bond donors (Lipinski definition) is 1. The Labute approximate surface area is 99.4 Å². The van der Waals surface area contributed by atoms with Crippen LogP contribution in [-0.4, -0.2) is 29.3 Å². The van der Waals surface area contributed by atoms with Crippen LogP contribution in [0.25, 0.3) is 5.57 Å². The molecule has 4 nitrogen and oxygen atoms in total. The molecule has 1 amide bonds. The number of likely N-dealkylation sites (N-methyl/N-ethyl adjacent to an activating group) is 1. The Morgan fingerprint density at radius 3 is 2.94 bits per heavy atom. The number of hydrogen-bond acceptors (Lipinski definition) is 3. The van der Waals surface area contributed by atoms with Gasteiger partial charge in [-0.1, -0.05) is 24.8 Å². The molecule has 2 rings (SSSR count). The molecule has 1 heterocycles. The zero-order valence-corrected chi connectivity index (χ0v) is 9.46. The van der Waals surface area contributed by atoms with Gasteiger partial charge < -0.3 is 14.7 Å². The molecule has 1 atom stereocenters. The number of benzene rings is 1. The largest absolute Gasteiger partial charge is 0.461 e. The average molecular weight is 231 g/mol. The minimum Gasteiger partial charge on any atom is -0.461 e. The molecule has 1 aromatic rings. The van der Waals surface area contributed by atoms with Gasteiger partial charge in [0.2, 0.25) is 6.29 Å². The number of ether oxygens (including phenoxy) is 1. The SMILES string of the molecule is C=CN(C)C(=O)C1=CC(O)Oc2ccccc21. The molecule has 1 aliphatic heterocycles. The van der Waals surface area contributed by atoms with Crippen molar-refractivity contribution in [2.45, 2.75) is 6.29 Å². The zero-order chi connectivity index (χ0) is 12.4. The third kappa shape index (κ3) is 2.07. The number of rotatable bonds is 2. The lowest BCUT2D eigenvalue weighted by atomic mass is 10.0. The summed E-state index contributed by atoms with van der Waals surface area (Å²) >= 11 is 0. The highest BCUT2D eigenvalue weighted by Gasteiger charge is 2.24. The molecule has 4 heteroatoms. The molecule has 0 saturated carbocycles. The van der Waals surface area contributed by atoms with Gasteiger partial charge in [-0.25, -0.2) is 0 Å². The normalized spacial score (nSPS) is 17.5. The van der Waals surface area contributed by atoms with E-state index in [-0.39, 0.29) is 5.91 Å². The highest BCUT2D eigenvalue weighted by Crippen LogP contribution is 2.32. The van der Waals surface area contributed by atoms with Gasteiger partial charge in [0.1, 0.15) is 5.75 Å². The van der Waals surface area contributed by atoms with Crippen LogP contribution in [0.3, 0.4) is 0 Å². The van der Waals surface area contributed by atoms with Crippen molar-refractivity contribution in [3.63, 3.8) is 0 Å². The average Bonchev–Trinajstić information content (AvgIpc) is 2.35. The Morgan fingerprint density at radius 2 is 2.24 bits per heavy atom. The molecule has 1 N–H and O–H groups in total. The van der Waals surface area contributed by atoms with Crippen LogP contribution in [0.2, 0.25) is 0 Å². The zero-order valence-electron chi connectivity index (χ0n) is 9.46. The highest BCUT2D eigenvalue weighted by molar-refractivity contribution is 6.20. The van der Waals surface area contributed by atoms with Crippen molar-refractivity contribution in [1.29, 1.82) is 0 Å². The fourth-order valence-electron chi connectivity index (χ4n) is 1.65. The molecule has 88 valence electrons. The number of amides is 1. The van der Waals surface area contributed by atoms with E-state index in [9.17, 15) is 9.90 Å². The monoisotopic (exact) mass is 231 g/mol. The molecular formula is C13H13NO3.